The lowest BCUT2D eigenvalue weighted by molar-refractivity contribution is -0.310. The van der Waals surface area contributed by atoms with E-state index in [1.165, 1.54) is 6.92 Å². The standard InChI is InChI=1S/C17H24O5/c1-13(18)20-12-16-9-15(21-17(2,3)22-16)11-19-10-14-7-5-4-6-8-14/h4-8,15-16H,9-12H2,1-3H3/t15-,16-/m1/s1. The summed E-state index contributed by atoms with van der Waals surface area (Å²) in [6.45, 7) is 6.39. The zero-order valence-corrected chi connectivity index (χ0v) is 13.4. The van der Waals surface area contributed by atoms with Gasteiger partial charge in [-0.1, -0.05) is 30.3 Å². The number of rotatable bonds is 6. The van der Waals surface area contributed by atoms with Gasteiger partial charge in [-0.25, -0.2) is 0 Å². The molecule has 22 heavy (non-hydrogen) atoms. The molecule has 2 atom stereocenters. The summed E-state index contributed by atoms with van der Waals surface area (Å²) >= 11 is 0. The zero-order valence-electron chi connectivity index (χ0n) is 13.4. The van der Waals surface area contributed by atoms with Gasteiger partial charge in [0, 0.05) is 13.3 Å². The second-order valence-corrected chi connectivity index (χ2v) is 5.92. The molecule has 1 aromatic rings. The Labute approximate surface area is 131 Å². The van der Waals surface area contributed by atoms with Gasteiger partial charge in [-0.3, -0.25) is 4.79 Å². The highest BCUT2D eigenvalue weighted by molar-refractivity contribution is 5.65. The molecule has 0 bridgehead atoms. The Balaban J connectivity index is 1.80. The van der Waals surface area contributed by atoms with Crippen molar-refractivity contribution in [3.05, 3.63) is 35.9 Å². The van der Waals surface area contributed by atoms with Crippen LogP contribution >= 0.6 is 0 Å². The molecular formula is C17H24O5. The SMILES string of the molecule is CC(=O)OC[C@H]1C[C@H](COCc2ccccc2)OC(C)(C)O1. The van der Waals surface area contributed by atoms with E-state index in [0.29, 0.717) is 19.6 Å². The van der Waals surface area contributed by atoms with Gasteiger partial charge in [0.2, 0.25) is 0 Å². The highest BCUT2D eigenvalue weighted by Gasteiger charge is 2.36. The molecule has 2 rings (SSSR count). The Morgan fingerprint density at radius 3 is 2.45 bits per heavy atom. The van der Waals surface area contributed by atoms with Crippen molar-refractivity contribution in [2.45, 2.75) is 51.8 Å². The molecule has 122 valence electrons. The number of carbonyl (C=O) groups excluding carboxylic acids is 1. The quantitative estimate of drug-likeness (QED) is 0.756. The smallest absolute Gasteiger partial charge is 0.302 e. The van der Waals surface area contributed by atoms with Gasteiger partial charge in [-0.2, -0.15) is 0 Å². The van der Waals surface area contributed by atoms with Gasteiger partial charge in [0.25, 0.3) is 0 Å². The van der Waals surface area contributed by atoms with Gasteiger partial charge in [-0.15, -0.1) is 0 Å². The van der Waals surface area contributed by atoms with Crippen LogP contribution in [0, 0.1) is 0 Å². The topological polar surface area (TPSA) is 54.0 Å². The number of esters is 1. The van der Waals surface area contributed by atoms with Crippen LogP contribution in [0.2, 0.25) is 0 Å². The maximum Gasteiger partial charge on any atom is 0.302 e. The molecule has 5 nitrogen and oxygen atoms in total. The van der Waals surface area contributed by atoms with E-state index in [4.69, 9.17) is 18.9 Å². The van der Waals surface area contributed by atoms with Crippen molar-refractivity contribution in [2.24, 2.45) is 0 Å². The van der Waals surface area contributed by atoms with E-state index in [9.17, 15) is 4.79 Å². The fourth-order valence-corrected chi connectivity index (χ4v) is 2.52. The molecule has 0 radical (unpaired) electrons. The van der Waals surface area contributed by atoms with Gasteiger partial charge in [0.05, 0.1) is 25.4 Å². The van der Waals surface area contributed by atoms with Crippen molar-refractivity contribution in [1.82, 2.24) is 0 Å². The van der Waals surface area contributed by atoms with Gasteiger partial charge in [-0.05, 0) is 19.4 Å². The van der Waals surface area contributed by atoms with E-state index in [1.807, 2.05) is 44.2 Å². The van der Waals surface area contributed by atoms with Crippen LogP contribution in [0.3, 0.4) is 0 Å². The molecule has 0 aliphatic carbocycles. The molecule has 0 unspecified atom stereocenters. The number of carbonyl (C=O) groups is 1. The van der Waals surface area contributed by atoms with Crippen molar-refractivity contribution >= 4 is 5.97 Å². The maximum atomic E-state index is 10.9. The summed E-state index contributed by atoms with van der Waals surface area (Å²) in [5.41, 5.74) is 1.13. The van der Waals surface area contributed by atoms with E-state index >= 15 is 0 Å². The first-order valence-electron chi connectivity index (χ1n) is 7.55. The molecule has 0 N–H and O–H groups in total. The van der Waals surface area contributed by atoms with Crippen molar-refractivity contribution in [3.63, 3.8) is 0 Å². The average molecular weight is 308 g/mol. The number of hydrogen-bond donors (Lipinski definition) is 0. The van der Waals surface area contributed by atoms with Crippen LogP contribution in [0.25, 0.3) is 0 Å². The van der Waals surface area contributed by atoms with Crippen LogP contribution in [0.5, 0.6) is 0 Å². The van der Waals surface area contributed by atoms with Gasteiger partial charge >= 0.3 is 5.97 Å². The summed E-state index contributed by atoms with van der Waals surface area (Å²) in [4.78, 5) is 10.9. The van der Waals surface area contributed by atoms with E-state index in [-0.39, 0.29) is 24.8 Å². The fraction of sp³-hybridized carbons (Fsp3) is 0.588. The predicted molar refractivity (Wildman–Crippen MR) is 81.2 cm³/mol. The molecule has 1 aliphatic rings. The second-order valence-electron chi connectivity index (χ2n) is 5.92. The zero-order chi connectivity index (χ0) is 16.0. The number of benzene rings is 1. The lowest BCUT2D eigenvalue weighted by Crippen LogP contribution is -2.47. The van der Waals surface area contributed by atoms with Crippen LogP contribution in [0.15, 0.2) is 30.3 Å². The summed E-state index contributed by atoms with van der Waals surface area (Å²) in [6, 6.07) is 10.0. The highest BCUT2D eigenvalue weighted by atomic mass is 16.7. The van der Waals surface area contributed by atoms with Crippen LogP contribution in [-0.2, 0) is 30.3 Å². The Kier molecular flexibility index (Phi) is 5.94. The van der Waals surface area contributed by atoms with Crippen LogP contribution in [-0.4, -0.2) is 37.2 Å². The average Bonchev–Trinajstić information content (AvgIpc) is 2.45. The molecule has 0 amide bonds. The first-order valence-corrected chi connectivity index (χ1v) is 7.55. The molecule has 0 aromatic heterocycles. The van der Waals surface area contributed by atoms with Gasteiger partial charge in [0.15, 0.2) is 5.79 Å². The predicted octanol–water partition coefficient (Wildman–Crippen LogP) is 2.68. The molecule has 1 fully saturated rings. The molecule has 1 aliphatic heterocycles. The van der Waals surface area contributed by atoms with Crippen molar-refractivity contribution < 1.29 is 23.7 Å². The van der Waals surface area contributed by atoms with Crippen molar-refractivity contribution in [1.29, 1.82) is 0 Å². The maximum absolute atomic E-state index is 10.9. The molecule has 5 heteroatoms. The minimum atomic E-state index is -0.705. The van der Waals surface area contributed by atoms with E-state index in [1.54, 1.807) is 0 Å². The third-order valence-corrected chi connectivity index (χ3v) is 3.31. The fourth-order valence-electron chi connectivity index (χ4n) is 2.52. The lowest BCUT2D eigenvalue weighted by atomic mass is 10.1. The molecule has 1 aromatic carbocycles. The van der Waals surface area contributed by atoms with Crippen molar-refractivity contribution in [2.75, 3.05) is 13.2 Å². The number of ether oxygens (including phenoxy) is 4. The summed E-state index contributed by atoms with van der Waals surface area (Å²) < 4.78 is 22.4. The third-order valence-electron chi connectivity index (χ3n) is 3.31. The molecule has 0 spiro atoms. The van der Waals surface area contributed by atoms with Crippen LogP contribution in [0.4, 0.5) is 0 Å². The largest absolute Gasteiger partial charge is 0.463 e. The van der Waals surface area contributed by atoms with Crippen molar-refractivity contribution in [3.8, 4) is 0 Å². The van der Waals surface area contributed by atoms with Crippen LogP contribution in [0.1, 0.15) is 32.8 Å². The Bertz CT molecular complexity index is 471. The minimum Gasteiger partial charge on any atom is -0.463 e. The Morgan fingerprint density at radius 2 is 1.82 bits per heavy atom. The molecule has 0 saturated carbocycles. The first kappa shape index (κ1) is 16.9. The first-order chi connectivity index (χ1) is 10.4. The molecule has 1 saturated heterocycles. The summed E-state index contributed by atoms with van der Waals surface area (Å²) in [5.74, 6) is -1.01. The summed E-state index contributed by atoms with van der Waals surface area (Å²) in [7, 11) is 0. The molecule has 1 heterocycles. The lowest BCUT2D eigenvalue weighted by Gasteiger charge is -2.40. The second kappa shape index (κ2) is 7.72. The summed E-state index contributed by atoms with van der Waals surface area (Å²) in [5, 5.41) is 0. The van der Waals surface area contributed by atoms with E-state index in [0.717, 1.165) is 5.56 Å². The Morgan fingerprint density at radius 1 is 1.18 bits per heavy atom. The summed E-state index contributed by atoms with van der Waals surface area (Å²) in [6.07, 6.45) is 0.400. The van der Waals surface area contributed by atoms with Gasteiger partial charge in [0.1, 0.15) is 6.61 Å². The number of hydrogen-bond acceptors (Lipinski definition) is 5. The highest BCUT2D eigenvalue weighted by Crippen LogP contribution is 2.27. The third kappa shape index (κ3) is 5.75. The van der Waals surface area contributed by atoms with E-state index in [2.05, 4.69) is 0 Å². The monoisotopic (exact) mass is 308 g/mol. The van der Waals surface area contributed by atoms with Gasteiger partial charge < -0.3 is 18.9 Å². The van der Waals surface area contributed by atoms with Crippen LogP contribution < -0.4 is 0 Å². The normalized spacial score (nSPS) is 24.0. The molecular weight excluding hydrogens is 284 g/mol. The Hall–Kier alpha value is -1.43. The minimum absolute atomic E-state index is 0.0759. The van der Waals surface area contributed by atoms with E-state index < -0.39 is 5.79 Å².